The lowest BCUT2D eigenvalue weighted by atomic mass is 10.0. The van der Waals surface area contributed by atoms with Crippen LogP contribution in [-0.4, -0.2) is 31.5 Å². The Bertz CT molecular complexity index is 4690. The number of hydrogen-bond donors (Lipinski definition) is 0. The Morgan fingerprint density at radius 2 is 1.17 bits per heavy atom. The van der Waals surface area contributed by atoms with Crippen molar-refractivity contribution in [3.63, 3.8) is 0 Å². The molecule has 0 spiro atoms. The first-order chi connectivity index (χ1) is 38.1. The summed E-state index contributed by atoms with van der Waals surface area (Å²) in [7, 11) is 0. The summed E-state index contributed by atoms with van der Waals surface area (Å²) in [6, 6.07) is 74.5. The summed E-state index contributed by atoms with van der Waals surface area (Å²) < 4.78 is 18.1. The molecule has 9 aromatic carbocycles. The van der Waals surface area contributed by atoms with E-state index in [0.717, 1.165) is 124 Å². The summed E-state index contributed by atoms with van der Waals surface area (Å²) in [6.07, 6.45) is 8.59. The summed E-state index contributed by atoms with van der Waals surface area (Å²) in [5.41, 5.74) is 18.2. The van der Waals surface area contributed by atoms with Crippen LogP contribution in [0.2, 0.25) is 0 Å². The molecule has 0 N–H and O–H groups in total. The van der Waals surface area contributed by atoms with Crippen molar-refractivity contribution in [1.29, 1.82) is 0 Å². The number of allylic oxidation sites excluding steroid dienone is 5. The molecule has 1 aliphatic heterocycles. The van der Waals surface area contributed by atoms with E-state index >= 15 is 0 Å². The van der Waals surface area contributed by atoms with E-state index in [1.165, 1.54) is 16.2 Å². The number of fused-ring (bicyclic) bond motifs is 10. The van der Waals surface area contributed by atoms with E-state index < -0.39 is 0 Å². The van der Waals surface area contributed by atoms with Crippen LogP contribution in [0.25, 0.3) is 111 Å². The highest BCUT2D eigenvalue weighted by Gasteiger charge is 2.30. The highest BCUT2D eigenvalue weighted by atomic mass is 16.5. The summed E-state index contributed by atoms with van der Waals surface area (Å²) in [5, 5.41) is 5.63. The van der Waals surface area contributed by atoms with Crippen LogP contribution in [0, 0.1) is 0 Å². The third-order valence-corrected chi connectivity index (χ3v) is 15.1. The van der Waals surface area contributed by atoms with Crippen molar-refractivity contribution in [1.82, 2.24) is 19.1 Å². The Balaban J connectivity index is 0.840. The molecule has 0 saturated carbocycles. The van der Waals surface area contributed by atoms with Crippen LogP contribution in [0.1, 0.15) is 35.2 Å². The minimum Gasteiger partial charge on any atom is -0.452 e. The van der Waals surface area contributed by atoms with Crippen molar-refractivity contribution in [3.8, 4) is 39.6 Å². The predicted molar refractivity (Wildman–Crippen MR) is 315 cm³/mol. The number of benzene rings is 9. The van der Waals surface area contributed by atoms with Crippen LogP contribution >= 0.6 is 0 Å². The molecule has 4 aromatic heterocycles. The molecular weight excluding hydrogens is 945 g/mol. The zero-order valence-corrected chi connectivity index (χ0v) is 41.8. The van der Waals surface area contributed by atoms with Crippen LogP contribution in [-0.2, 0) is 6.54 Å². The van der Waals surface area contributed by atoms with Gasteiger partial charge in [0, 0.05) is 55.0 Å². The first kappa shape index (κ1) is 44.3. The van der Waals surface area contributed by atoms with Crippen molar-refractivity contribution >= 4 is 89.4 Å². The number of para-hydroxylation sites is 2. The third kappa shape index (κ3) is 7.36. The molecule has 77 heavy (non-hydrogen) atoms. The first-order valence-electron chi connectivity index (χ1n) is 26.1. The van der Waals surface area contributed by atoms with Crippen LogP contribution in [0.4, 0.5) is 0 Å². The molecule has 8 nitrogen and oxygen atoms in total. The number of ether oxygens (including phenoxy) is 1. The average Bonchev–Trinajstić information content (AvgIpc) is 4.32. The fourth-order valence-electron chi connectivity index (χ4n) is 11.5. The zero-order valence-electron chi connectivity index (χ0n) is 41.8. The molecule has 5 heterocycles. The molecule has 0 unspecified atom stereocenters. The van der Waals surface area contributed by atoms with E-state index in [1.807, 2.05) is 66.7 Å². The summed E-state index contributed by atoms with van der Waals surface area (Å²) in [6.45, 7) is 4.46. The van der Waals surface area contributed by atoms with Crippen molar-refractivity contribution in [2.24, 2.45) is 9.98 Å². The number of aromatic nitrogens is 4. The molecule has 13 aromatic rings. The fraction of sp³-hybridized carbons (Fsp3) is 0.0435. The monoisotopic (exact) mass is 990 g/mol. The Kier molecular flexibility index (Phi) is 10.4. The lowest BCUT2D eigenvalue weighted by Crippen LogP contribution is -2.05. The molecule has 1 aliphatic carbocycles. The van der Waals surface area contributed by atoms with Gasteiger partial charge in [0.2, 0.25) is 0 Å². The molecular formula is C69H46N6O2. The standard InChI is InChI=1S/C69H46N6O2/c1-70-63(44-20-8-3-9-21-44)67-65(71-42-43-18-6-2-7-19-43)55-40-49(32-36-61(55)76-67)74-57-28-16-14-26-51(57)53-38-47(30-34-59(53)74)48-31-35-60-54(39-48)52-27-15-17-29-58(52)75(60)50-33-37-62-56(41-50)66-68(77-62)64(45-22-10-4-11-23-45)72-69(73-66)46-24-12-5-13-25-46/h2-3,5-10,12-41H,1,4,11,42H2/b67-63+,71-65?. The van der Waals surface area contributed by atoms with Crippen LogP contribution < -0.4 is 4.74 Å². The average molecular weight is 991 g/mol. The van der Waals surface area contributed by atoms with Gasteiger partial charge >= 0.3 is 0 Å². The van der Waals surface area contributed by atoms with Gasteiger partial charge in [-0.2, -0.15) is 0 Å². The second kappa shape index (κ2) is 18.0. The van der Waals surface area contributed by atoms with E-state index in [1.54, 1.807) is 0 Å². The molecule has 15 rings (SSSR count). The molecule has 0 radical (unpaired) electrons. The van der Waals surface area contributed by atoms with Gasteiger partial charge in [-0.05, 0) is 115 Å². The zero-order chi connectivity index (χ0) is 51.0. The van der Waals surface area contributed by atoms with Gasteiger partial charge in [-0.3, -0.25) is 9.98 Å². The normalized spacial score (nSPS) is 14.5. The Labute approximate surface area is 443 Å². The second-order valence-electron chi connectivity index (χ2n) is 19.7. The van der Waals surface area contributed by atoms with Gasteiger partial charge in [-0.25, -0.2) is 9.97 Å². The minimum absolute atomic E-state index is 0.485. The van der Waals surface area contributed by atoms with Gasteiger partial charge in [0.05, 0.1) is 28.6 Å². The number of aliphatic imine (C=N–C) groups is 2. The number of furan rings is 1. The van der Waals surface area contributed by atoms with E-state index in [4.69, 9.17) is 24.1 Å². The van der Waals surface area contributed by atoms with Crippen LogP contribution in [0.5, 0.6) is 5.75 Å². The van der Waals surface area contributed by atoms with E-state index in [2.05, 4.69) is 185 Å². The molecule has 8 heteroatoms. The summed E-state index contributed by atoms with van der Waals surface area (Å²) >= 11 is 0. The fourth-order valence-corrected chi connectivity index (χ4v) is 11.5. The highest BCUT2D eigenvalue weighted by molar-refractivity contribution is 6.20. The highest BCUT2D eigenvalue weighted by Crippen LogP contribution is 2.43. The van der Waals surface area contributed by atoms with Gasteiger partial charge in [0.15, 0.2) is 17.2 Å². The predicted octanol–water partition coefficient (Wildman–Crippen LogP) is 17.1. The Morgan fingerprint density at radius 3 is 1.84 bits per heavy atom. The number of nitrogens with zero attached hydrogens (tertiary/aromatic N) is 6. The summed E-state index contributed by atoms with van der Waals surface area (Å²) in [4.78, 5) is 20.1. The number of rotatable bonds is 9. The van der Waals surface area contributed by atoms with Gasteiger partial charge < -0.3 is 18.3 Å². The van der Waals surface area contributed by atoms with Crippen molar-refractivity contribution in [3.05, 3.63) is 259 Å². The molecule has 0 atom stereocenters. The molecule has 2 aliphatic rings. The molecule has 0 bridgehead atoms. The SMILES string of the molecule is C=N/C(=C1/Oc2ccc(-n3c4ccccc4c4cc(-c5ccc6c(c5)c5ccccc5n6-c5ccc6oc7c(C8=CCCC=C8)nc(-c8ccccc8)nc7c6c5)ccc43)cc2C1=NCc1ccccc1)c1ccccc1. The van der Waals surface area contributed by atoms with E-state index in [9.17, 15) is 0 Å². The van der Waals surface area contributed by atoms with Crippen molar-refractivity contribution < 1.29 is 9.15 Å². The van der Waals surface area contributed by atoms with E-state index in [0.29, 0.717) is 29.4 Å². The van der Waals surface area contributed by atoms with Gasteiger partial charge in [0.1, 0.15) is 34.0 Å². The third-order valence-electron chi connectivity index (χ3n) is 15.1. The van der Waals surface area contributed by atoms with Crippen LogP contribution in [0.3, 0.4) is 0 Å². The molecule has 0 fully saturated rings. The number of hydrogen-bond acceptors (Lipinski definition) is 6. The maximum atomic E-state index is 6.67. The van der Waals surface area contributed by atoms with Crippen molar-refractivity contribution in [2.75, 3.05) is 0 Å². The topological polar surface area (TPSA) is 82.7 Å². The van der Waals surface area contributed by atoms with E-state index in [-0.39, 0.29) is 0 Å². The Morgan fingerprint density at radius 1 is 0.545 bits per heavy atom. The van der Waals surface area contributed by atoms with Gasteiger partial charge in [-0.1, -0.05) is 158 Å². The quantitative estimate of drug-likeness (QED) is 0.135. The van der Waals surface area contributed by atoms with Crippen molar-refractivity contribution in [2.45, 2.75) is 19.4 Å². The molecule has 364 valence electrons. The lowest BCUT2D eigenvalue weighted by Gasteiger charge is -2.10. The minimum atomic E-state index is 0.485. The molecule has 0 saturated heterocycles. The maximum absolute atomic E-state index is 6.67. The maximum Gasteiger partial charge on any atom is 0.180 e. The molecule has 0 amide bonds. The first-order valence-corrected chi connectivity index (χ1v) is 26.1. The largest absolute Gasteiger partial charge is 0.452 e. The van der Waals surface area contributed by atoms with Gasteiger partial charge in [0.25, 0.3) is 0 Å². The van der Waals surface area contributed by atoms with Crippen LogP contribution in [0.15, 0.2) is 251 Å². The smallest absolute Gasteiger partial charge is 0.180 e. The lowest BCUT2D eigenvalue weighted by molar-refractivity contribution is 0.470. The second-order valence-corrected chi connectivity index (χ2v) is 19.7. The Hall–Kier alpha value is -10.2. The summed E-state index contributed by atoms with van der Waals surface area (Å²) in [5.74, 6) is 2.01. The van der Waals surface area contributed by atoms with Gasteiger partial charge in [-0.15, -0.1) is 0 Å².